The number of aromatic nitrogens is 1. The standard InChI is InChI=1S/C13H12N2O2S/c1-17-11-4-2-3-10(9-11)5-6-12(16)15-13-14-7-8-18-13/h2-9H,1H3,(H,14,15,16). The van der Waals surface area contributed by atoms with Gasteiger partial charge in [0.05, 0.1) is 7.11 Å². The van der Waals surface area contributed by atoms with Crippen LogP contribution in [0.2, 0.25) is 0 Å². The molecule has 0 spiro atoms. The molecule has 5 heteroatoms. The Kier molecular flexibility index (Phi) is 4.09. The molecule has 0 saturated heterocycles. The van der Waals surface area contributed by atoms with Crippen LogP contribution in [0, 0.1) is 0 Å². The maximum atomic E-state index is 11.6. The van der Waals surface area contributed by atoms with E-state index in [4.69, 9.17) is 4.74 Å². The second-order valence-electron chi connectivity index (χ2n) is 3.44. The number of hydrogen-bond acceptors (Lipinski definition) is 4. The first-order valence-corrected chi connectivity index (χ1v) is 6.18. The zero-order chi connectivity index (χ0) is 12.8. The number of rotatable bonds is 4. The Morgan fingerprint density at radius 2 is 2.39 bits per heavy atom. The summed E-state index contributed by atoms with van der Waals surface area (Å²) < 4.78 is 5.10. The summed E-state index contributed by atoms with van der Waals surface area (Å²) in [5, 5.41) is 5.07. The van der Waals surface area contributed by atoms with Gasteiger partial charge in [-0.3, -0.25) is 10.1 Å². The van der Waals surface area contributed by atoms with Gasteiger partial charge in [-0.25, -0.2) is 4.98 Å². The number of hydrogen-bond donors (Lipinski definition) is 1. The molecule has 0 aliphatic carbocycles. The molecule has 1 aromatic carbocycles. The number of thiazole rings is 1. The Morgan fingerprint density at radius 3 is 3.11 bits per heavy atom. The fourth-order valence-electron chi connectivity index (χ4n) is 1.35. The molecule has 0 atom stereocenters. The zero-order valence-electron chi connectivity index (χ0n) is 9.79. The van der Waals surface area contributed by atoms with Crippen molar-refractivity contribution in [1.82, 2.24) is 4.98 Å². The van der Waals surface area contributed by atoms with Gasteiger partial charge in [-0.15, -0.1) is 11.3 Å². The number of nitrogens with one attached hydrogen (secondary N) is 1. The Hall–Kier alpha value is -2.14. The molecule has 1 aromatic heterocycles. The number of methoxy groups -OCH3 is 1. The van der Waals surface area contributed by atoms with Gasteiger partial charge >= 0.3 is 0 Å². The first-order chi connectivity index (χ1) is 8.78. The molecule has 2 rings (SSSR count). The van der Waals surface area contributed by atoms with E-state index < -0.39 is 0 Å². The van der Waals surface area contributed by atoms with Gasteiger partial charge in [-0.2, -0.15) is 0 Å². The van der Waals surface area contributed by atoms with E-state index in [2.05, 4.69) is 10.3 Å². The van der Waals surface area contributed by atoms with Crippen molar-refractivity contribution in [3.63, 3.8) is 0 Å². The lowest BCUT2D eigenvalue weighted by Gasteiger charge is -2.00. The third-order valence-electron chi connectivity index (χ3n) is 2.18. The van der Waals surface area contributed by atoms with Crippen LogP contribution in [0.25, 0.3) is 6.08 Å². The lowest BCUT2D eigenvalue weighted by atomic mass is 10.2. The minimum absolute atomic E-state index is 0.201. The van der Waals surface area contributed by atoms with E-state index >= 15 is 0 Å². The number of anilines is 1. The minimum Gasteiger partial charge on any atom is -0.497 e. The quantitative estimate of drug-likeness (QED) is 0.860. The van der Waals surface area contributed by atoms with Crippen LogP contribution in [0.5, 0.6) is 5.75 Å². The number of nitrogens with zero attached hydrogens (tertiary/aromatic N) is 1. The van der Waals surface area contributed by atoms with E-state index in [0.29, 0.717) is 5.13 Å². The fraction of sp³-hybridized carbons (Fsp3) is 0.0769. The van der Waals surface area contributed by atoms with Crippen molar-refractivity contribution >= 4 is 28.5 Å². The molecule has 18 heavy (non-hydrogen) atoms. The molecule has 1 heterocycles. The molecule has 4 nitrogen and oxygen atoms in total. The highest BCUT2D eigenvalue weighted by molar-refractivity contribution is 7.13. The number of carbonyl (C=O) groups excluding carboxylic acids is 1. The molecule has 0 aliphatic rings. The molecule has 1 amide bonds. The fourth-order valence-corrected chi connectivity index (χ4v) is 1.88. The lowest BCUT2D eigenvalue weighted by molar-refractivity contribution is -0.111. The highest BCUT2D eigenvalue weighted by Crippen LogP contribution is 2.14. The van der Waals surface area contributed by atoms with Crippen molar-refractivity contribution in [3.05, 3.63) is 47.5 Å². The summed E-state index contributed by atoms with van der Waals surface area (Å²) in [4.78, 5) is 15.5. The van der Waals surface area contributed by atoms with Crippen molar-refractivity contribution in [2.75, 3.05) is 12.4 Å². The van der Waals surface area contributed by atoms with Crippen LogP contribution in [0.15, 0.2) is 41.9 Å². The Morgan fingerprint density at radius 1 is 1.50 bits per heavy atom. The van der Waals surface area contributed by atoms with Crippen LogP contribution in [-0.4, -0.2) is 18.0 Å². The maximum absolute atomic E-state index is 11.6. The second-order valence-corrected chi connectivity index (χ2v) is 4.33. The van der Waals surface area contributed by atoms with Crippen LogP contribution in [0.3, 0.4) is 0 Å². The predicted molar refractivity (Wildman–Crippen MR) is 72.8 cm³/mol. The van der Waals surface area contributed by atoms with Gasteiger partial charge in [-0.05, 0) is 23.8 Å². The topological polar surface area (TPSA) is 51.2 Å². The minimum atomic E-state index is -0.201. The van der Waals surface area contributed by atoms with Gasteiger partial charge in [0.15, 0.2) is 5.13 Å². The van der Waals surface area contributed by atoms with Crippen molar-refractivity contribution in [2.24, 2.45) is 0 Å². The van der Waals surface area contributed by atoms with Crippen molar-refractivity contribution < 1.29 is 9.53 Å². The van der Waals surface area contributed by atoms with Crippen LogP contribution < -0.4 is 10.1 Å². The smallest absolute Gasteiger partial charge is 0.250 e. The molecule has 2 aromatic rings. The summed E-state index contributed by atoms with van der Waals surface area (Å²) in [6, 6.07) is 7.48. The maximum Gasteiger partial charge on any atom is 0.250 e. The molecule has 0 unspecified atom stereocenters. The highest BCUT2D eigenvalue weighted by atomic mass is 32.1. The summed E-state index contributed by atoms with van der Waals surface area (Å²) >= 11 is 1.38. The van der Waals surface area contributed by atoms with Crippen molar-refractivity contribution in [1.29, 1.82) is 0 Å². The van der Waals surface area contributed by atoms with E-state index in [-0.39, 0.29) is 5.91 Å². The van der Waals surface area contributed by atoms with E-state index in [1.54, 1.807) is 24.8 Å². The van der Waals surface area contributed by atoms with Gasteiger partial charge in [0.2, 0.25) is 5.91 Å². The Bertz CT molecular complexity index is 550. The molecule has 1 N–H and O–H groups in total. The van der Waals surface area contributed by atoms with E-state index in [1.807, 2.05) is 24.3 Å². The summed E-state index contributed by atoms with van der Waals surface area (Å²) in [5.74, 6) is 0.560. The largest absolute Gasteiger partial charge is 0.497 e. The summed E-state index contributed by atoms with van der Waals surface area (Å²) in [5.41, 5.74) is 0.906. The molecule has 0 bridgehead atoms. The highest BCUT2D eigenvalue weighted by Gasteiger charge is 1.99. The molecule has 0 radical (unpaired) electrons. The third kappa shape index (κ3) is 3.43. The van der Waals surface area contributed by atoms with Crippen LogP contribution in [0.4, 0.5) is 5.13 Å². The van der Waals surface area contributed by atoms with Crippen LogP contribution in [-0.2, 0) is 4.79 Å². The number of benzene rings is 1. The number of ether oxygens (including phenoxy) is 1. The second kappa shape index (κ2) is 5.97. The van der Waals surface area contributed by atoms with Gasteiger partial charge in [0.25, 0.3) is 0 Å². The molecule has 0 fully saturated rings. The molecular weight excluding hydrogens is 248 g/mol. The average molecular weight is 260 g/mol. The first kappa shape index (κ1) is 12.3. The normalized spacial score (nSPS) is 10.5. The monoisotopic (exact) mass is 260 g/mol. The zero-order valence-corrected chi connectivity index (χ0v) is 10.6. The SMILES string of the molecule is COc1cccc(C=CC(=O)Nc2nccs2)c1. The molecular formula is C13H12N2O2S. The van der Waals surface area contributed by atoms with Crippen LogP contribution >= 0.6 is 11.3 Å². The third-order valence-corrected chi connectivity index (χ3v) is 2.87. The first-order valence-electron chi connectivity index (χ1n) is 5.30. The predicted octanol–water partition coefficient (Wildman–Crippen LogP) is 2.80. The van der Waals surface area contributed by atoms with Gasteiger partial charge < -0.3 is 4.74 Å². The summed E-state index contributed by atoms with van der Waals surface area (Å²) in [7, 11) is 1.61. The van der Waals surface area contributed by atoms with Crippen LogP contribution in [0.1, 0.15) is 5.56 Å². The van der Waals surface area contributed by atoms with E-state index in [9.17, 15) is 4.79 Å². The van der Waals surface area contributed by atoms with Gasteiger partial charge in [0.1, 0.15) is 5.75 Å². The van der Waals surface area contributed by atoms with E-state index in [0.717, 1.165) is 11.3 Å². The summed E-state index contributed by atoms with van der Waals surface area (Å²) in [6.07, 6.45) is 4.84. The Labute approximate surface area is 109 Å². The average Bonchev–Trinajstić information content (AvgIpc) is 2.89. The summed E-state index contributed by atoms with van der Waals surface area (Å²) in [6.45, 7) is 0. The van der Waals surface area contributed by atoms with Gasteiger partial charge in [0, 0.05) is 17.7 Å². The van der Waals surface area contributed by atoms with Crippen molar-refractivity contribution in [3.8, 4) is 5.75 Å². The lowest BCUT2D eigenvalue weighted by Crippen LogP contribution is -2.06. The molecule has 0 saturated carbocycles. The van der Waals surface area contributed by atoms with E-state index in [1.165, 1.54) is 17.4 Å². The number of amides is 1. The van der Waals surface area contributed by atoms with Gasteiger partial charge in [-0.1, -0.05) is 12.1 Å². The Balaban J connectivity index is 1.99. The number of carbonyl (C=O) groups is 1. The molecule has 92 valence electrons. The molecule has 0 aliphatic heterocycles. The van der Waals surface area contributed by atoms with Crippen molar-refractivity contribution in [2.45, 2.75) is 0 Å².